The summed E-state index contributed by atoms with van der Waals surface area (Å²) in [6.07, 6.45) is 5.74. The predicted molar refractivity (Wildman–Crippen MR) is 116 cm³/mol. The summed E-state index contributed by atoms with van der Waals surface area (Å²) in [6, 6.07) is 8.37. The van der Waals surface area contributed by atoms with E-state index in [-0.39, 0.29) is 11.3 Å². The summed E-state index contributed by atoms with van der Waals surface area (Å²) >= 11 is 0. The van der Waals surface area contributed by atoms with Crippen molar-refractivity contribution in [2.45, 2.75) is 19.4 Å². The fraction of sp³-hybridized carbons (Fsp3) is 0.304. The van der Waals surface area contributed by atoms with E-state index in [9.17, 15) is 14.7 Å². The number of pyridine rings is 2. The van der Waals surface area contributed by atoms with Crippen molar-refractivity contribution in [3.8, 4) is 0 Å². The topological polar surface area (TPSA) is 91.0 Å². The molecule has 0 saturated carbocycles. The molecule has 0 unspecified atom stereocenters. The summed E-state index contributed by atoms with van der Waals surface area (Å²) < 4.78 is 1.73. The molecule has 4 heterocycles. The standard InChI is InChI=1S/C23H25N5O3/c1-15-19(27-12-5-4-9-17(27)25-15)21(29)18-20(16-8-6-10-24-14-16)28(23(31)22(18)30)13-7-11-26(2)3/h4-6,8-10,12,14,20,29H,7,11,13H2,1-3H3/b21-18+/t20-/m0/s1. The van der Waals surface area contributed by atoms with Crippen LogP contribution in [0.5, 0.6) is 0 Å². The molecule has 160 valence electrons. The van der Waals surface area contributed by atoms with E-state index in [0.717, 1.165) is 6.54 Å². The van der Waals surface area contributed by atoms with Crippen molar-refractivity contribution in [1.82, 2.24) is 24.2 Å². The van der Waals surface area contributed by atoms with Crippen LogP contribution in [0.25, 0.3) is 11.4 Å². The highest BCUT2D eigenvalue weighted by Crippen LogP contribution is 2.39. The van der Waals surface area contributed by atoms with Crippen LogP contribution in [0.15, 0.2) is 54.5 Å². The van der Waals surface area contributed by atoms with Gasteiger partial charge in [-0.1, -0.05) is 12.1 Å². The van der Waals surface area contributed by atoms with Gasteiger partial charge in [-0.05, 0) is 57.7 Å². The Hall–Kier alpha value is -3.52. The number of rotatable bonds is 6. The highest BCUT2D eigenvalue weighted by molar-refractivity contribution is 6.46. The van der Waals surface area contributed by atoms with Crippen LogP contribution in [0.4, 0.5) is 0 Å². The number of aryl methyl sites for hydroxylation is 1. The summed E-state index contributed by atoms with van der Waals surface area (Å²) in [6.45, 7) is 2.94. The number of hydrogen-bond donors (Lipinski definition) is 1. The van der Waals surface area contributed by atoms with E-state index in [2.05, 4.69) is 9.97 Å². The first-order chi connectivity index (χ1) is 14.9. The van der Waals surface area contributed by atoms with E-state index in [1.807, 2.05) is 43.3 Å². The lowest BCUT2D eigenvalue weighted by atomic mass is 9.97. The second-order valence-electron chi connectivity index (χ2n) is 7.91. The molecule has 8 nitrogen and oxygen atoms in total. The highest BCUT2D eigenvalue weighted by Gasteiger charge is 2.46. The van der Waals surface area contributed by atoms with Crippen molar-refractivity contribution in [2.75, 3.05) is 27.2 Å². The predicted octanol–water partition coefficient (Wildman–Crippen LogP) is 2.41. The Morgan fingerprint density at radius 2 is 2.00 bits per heavy atom. The van der Waals surface area contributed by atoms with Gasteiger partial charge in [0.1, 0.15) is 11.3 Å². The van der Waals surface area contributed by atoms with Crippen LogP contribution < -0.4 is 0 Å². The Morgan fingerprint density at radius 3 is 2.71 bits per heavy atom. The number of aliphatic hydroxyl groups is 1. The molecule has 3 aromatic heterocycles. The van der Waals surface area contributed by atoms with Gasteiger partial charge in [0.05, 0.1) is 17.3 Å². The van der Waals surface area contributed by atoms with Crippen LogP contribution in [-0.4, -0.2) is 68.2 Å². The molecule has 1 saturated heterocycles. The Morgan fingerprint density at radius 1 is 1.19 bits per heavy atom. The van der Waals surface area contributed by atoms with Crippen LogP contribution >= 0.6 is 0 Å². The van der Waals surface area contributed by atoms with E-state index in [1.165, 1.54) is 4.90 Å². The molecule has 1 aliphatic rings. The molecule has 1 N–H and O–H groups in total. The van der Waals surface area contributed by atoms with Crippen LogP contribution in [0, 0.1) is 6.92 Å². The fourth-order valence-corrected chi connectivity index (χ4v) is 4.08. The van der Waals surface area contributed by atoms with Crippen LogP contribution in [0.3, 0.4) is 0 Å². The maximum atomic E-state index is 13.1. The number of aromatic nitrogens is 3. The van der Waals surface area contributed by atoms with Crippen molar-refractivity contribution in [1.29, 1.82) is 0 Å². The number of likely N-dealkylation sites (tertiary alicyclic amines) is 1. The molecule has 3 aromatic rings. The van der Waals surface area contributed by atoms with E-state index in [1.54, 1.807) is 36.0 Å². The maximum absolute atomic E-state index is 13.1. The zero-order valence-electron chi connectivity index (χ0n) is 17.8. The number of nitrogens with zero attached hydrogens (tertiary/aromatic N) is 5. The van der Waals surface area contributed by atoms with Crippen LogP contribution in [-0.2, 0) is 9.59 Å². The van der Waals surface area contributed by atoms with Crippen molar-refractivity contribution in [3.05, 3.63) is 71.4 Å². The molecule has 1 atom stereocenters. The minimum atomic E-state index is -0.704. The van der Waals surface area contributed by atoms with E-state index < -0.39 is 17.7 Å². The molecule has 0 spiro atoms. The summed E-state index contributed by atoms with van der Waals surface area (Å²) in [5.41, 5.74) is 2.39. The zero-order chi connectivity index (χ0) is 22.1. The van der Waals surface area contributed by atoms with Crippen LogP contribution in [0.1, 0.15) is 29.4 Å². The number of fused-ring (bicyclic) bond motifs is 1. The minimum absolute atomic E-state index is 0.0663. The molecule has 0 aromatic carbocycles. The number of aliphatic hydroxyl groups excluding tert-OH is 1. The third kappa shape index (κ3) is 3.70. The fourth-order valence-electron chi connectivity index (χ4n) is 4.08. The van der Waals surface area contributed by atoms with Gasteiger partial charge in [-0.15, -0.1) is 0 Å². The zero-order valence-corrected chi connectivity index (χ0v) is 17.8. The average molecular weight is 419 g/mol. The second-order valence-corrected chi connectivity index (χ2v) is 7.91. The Labute approximate surface area is 180 Å². The van der Waals surface area contributed by atoms with E-state index >= 15 is 0 Å². The third-order valence-corrected chi connectivity index (χ3v) is 5.47. The first-order valence-electron chi connectivity index (χ1n) is 10.2. The van der Waals surface area contributed by atoms with Gasteiger partial charge >= 0.3 is 0 Å². The largest absolute Gasteiger partial charge is 0.505 e. The van der Waals surface area contributed by atoms with E-state index in [0.29, 0.717) is 35.6 Å². The lowest BCUT2D eigenvalue weighted by Crippen LogP contribution is -2.32. The van der Waals surface area contributed by atoms with Crippen molar-refractivity contribution < 1.29 is 14.7 Å². The van der Waals surface area contributed by atoms with Gasteiger partial charge in [-0.2, -0.15) is 0 Å². The molecule has 1 aliphatic heterocycles. The molecule has 31 heavy (non-hydrogen) atoms. The first-order valence-corrected chi connectivity index (χ1v) is 10.2. The molecule has 0 radical (unpaired) electrons. The van der Waals surface area contributed by atoms with Gasteiger partial charge in [0.2, 0.25) is 0 Å². The third-order valence-electron chi connectivity index (χ3n) is 5.47. The second kappa shape index (κ2) is 8.31. The number of carbonyl (C=O) groups is 2. The van der Waals surface area contributed by atoms with Crippen molar-refractivity contribution >= 4 is 23.1 Å². The molecule has 8 heteroatoms. The molecule has 0 bridgehead atoms. The summed E-state index contributed by atoms with van der Waals surface area (Å²) in [7, 11) is 3.92. The highest BCUT2D eigenvalue weighted by atomic mass is 16.3. The number of Topliss-reactive ketones (excluding diaryl/α,β-unsaturated/α-hetero) is 1. The number of amides is 1. The lowest BCUT2D eigenvalue weighted by molar-refractivity contribution is -0.139. The van der Waals surface area contributed by atoms with Crippen molar-refractivity contribution in [3.63, 3.8) is 0 Å². The molecular formula is C23H25N5O3. The van der Waals surface area contributed by atoms with Crippen molar-refractivity contribution in [2.24, 2.45) is 0 Å². The summed E-state index contributed by atoms with van der Waals surface area (Å²) in [5.74, 6) is -1.53. The number of ketones is 1. The van der Waals surface area contributed by atoms with Gasteiger partial charge in [-0.25, -0.2) is 4.98 Å². The van der Waals surface area contributed by atoms with Gasteiger partial charge in [0, 0.05) is 25.1 Å². The monoisotopic (exact) mass is 419 g/mol. The molecule has 1 fully saturated rings. The van der Waals surface area contributed by atoms with Crippen LogP contribution in [0.2, 0.25) is 0 Å². The first kappa shape index (κ1) is 20.7. The van der Waals surface area contributed by atoms with Gasteiger partial charge < -0.3 is 14.9 Å². The molecule has 1 amide bonds. The molecule has 4 rings (SSSR count). The number of carbonyl (C=O) groups excluding carboxylic acids is 2. The molecule has 0 aliphatic carbocycles. The SMILES string of the molecule is Cc1nc2ccccn2c1/C(O)=C1\C(=O)C(=O)N(CCCN(C)C)[C@H]1c1cccnc1. The normalized spacial score (nSPS) is 18.5. The lowest BCUT2D eigenvalue weighted by Gasteiger charge is -2.25. The minimum Gasteiger partial charge on any atom is -0.505 e. The number of hydrogen-bond acceptors (Lipinski definition) is 6. The maximum Gasteiger partial charge on any atom is 0.295 e. The summed E-state index contributed by atoms with van der Waals surface area (Å²) in [5, 5.41) is 11.3. The average Bonchev–Trinajstić information content (AvgIpc) is 3.22. The van der Waals surface area contributed by atoms with Gasteiger partial charge in [0.25, 0.3) is 11.7 Å². The summed E-state index contributed by atoms with van der Waals surface area (Å²) in [4.78, 5) is 38.3. The molecular weight excluding hydrogens is 394 g/mol. The smallest absolute Gasteiger partial charge is 0.295 e. The Bertz CT molecular complexity index is 1170. The van der Waals surface area contributed by atoms with E-state index in [4.69, 9.17) is 0 Å². The quantitative estimate of drug-likeness (QED) is 0.375. The Balaban J connectivity index is 1.86. The van der Waals surface area contributed by atoms with Gasteiger partial charge in [-0.3, -0.25) is 19.0 Å². The van der Waals surface area contributed by atoms with Gasteiger partial charge in [0.15, 0.2) is 5.76 Å². The Kier molecular flexibility index (Phi) is 5.56. The number of imidazole rings is 1.